The van der Waals surface area contributed by atoms with E-state index < -0.39 is 5.66 Å². The van der Waals surface area contributed by atoms with Gasteiger partial charge in [-0.15, -0.1) is 0 Å². The number of nitrogens with zero attached hydrogens (tertiary/aromatic N) is 2. The maximum absolute atomic E-state index is 13.2. The molecule has 0 aromatic heterocycles. The monoisotopic (exact) mass is 350 g/mol. The third-order valence-electron chi connectivity index (χ3n) is 4.83. The molecule has 2 aromatic carbocycles. The van der Waals surface area contributed by atoms with E-state index in [1.165, 1.54) is 0 Å². The molecule has 0 bridgehead atoms. The minimum absolute atomic E-state index is 0.107. The number of fused-ring (bicyclic) bond motifs is 2. The van der Waals surface area contributed by atoms with Crippen LogP contribution in [0, 0.1) is 0 Å². The number of carbonyl (C=O) groups is 1. The maximum Gasteiger partial charge on any atom is 0.364 e. The van der Waals surface area contributed by atoms with Crippen LogP contribution >= 0.6 is 0 Å². The summed E-state index contributed by atoms with van der Waals surface area (Å²) in [5, 5.41) is 6.50. The first kappa shape index (κ1) is 16.1. The van der Waals surface area contributed by atoms with E-state index in [-0.39, 0.29) is 5.91 Å². The molecule has 2 aliphatic rings. The quantitative estimate of drug-likeness (QED) is 0.530. The Morgan fingerprint density at radius 2 is 1.85 bits per heavy atom. The predicted octanol–water partition coefficient (Wildman–Crippen LogP) is -0.876. The number of hydrogen-bond acceptors (Lipinski definition) is 2. The van der Waals surface area contributed by atoms with Gasteiger partial charge in [0.2, 0.25) is 0 Å². The number of guanidine groups is 2. The van der Waals surface area contributed by atoms with Crippen LogP contribution in [0.5, 0.6) is 0 Å². The van der Waals surface area contributed by atoms with Crippen molar-refractivity contribution in [3.05, 3.63) is 60.2 Å². The molecule has 0 saturated heterocycles. The average Bonchev–Trinajstić information content (AvgIpc) is 2.85. The molecular formula is C19H22N6O+2. The Labute approximate surface area is 151 Å². The number of nitrogens with one attached hydrogen (secondary N) is 3. The number of rotatable bonds is 2. The topological polar surface area (TPSA) is 87.4 Å². The predicted molar refractivity (Wildman–Crippen MR) is 99.9 cm³/mol. The zero-order chi connectivity index (χ0) is 18.3. The lowest BCUT2D eigenvalue weighted by atomic mass is 10.0. The lowest BCUT2D eigenvalue weighted by Crippen LogP contribution is -2.99. The number of likely N-dealkylation sites (N-methyl/N-ethyl adjacent to an activating group) is 1. The van der Waals surface area contributed by atoms with Crippen LogP contribution in [0.3, 0.4) is 0 Å². The van der Waals surface area contributed by atoms with Crippen LogP contribution < -0.4 is 26.3 Å². The Hall–Kier alpha value is -3.35. The van der Waals surface area contributed by atoms with E-state index >= 15 is 0 Å². The zero-order valence-corrected chi connectivity index (χ0v) is 14.8. The summed E-state index contributed by atoms with van der Waals surface area (Å²) in [5.41, 5.74) is 7.73. The number of carbonyl (C=O) groups excluding carboxylic acids is 1. The van der Waals surface area contributed by atoms with Crippen molar-refractivity contribution >= 4 is 29.2 Å². The Morgan fingerprint density at radius 1 is 1.15 bits per heavy atom. The second-order valence-electron chi connectivity index (χ2n) is 6.35. The molecule has 1 spiro atoms. The largest absolute Gasteiger partial charge is 0.364 e. The van der Waals surface area contributed by atoms with Crippen molar-refractivity contribution in [2.75, 3.05) is 18.5 Å². The third kappa shape index (κ3) is 2.24. The molecule has 0 saturated carbocycles. The van der Waals surface area contributed by atoms with Gasteiger partial charge in [0, 0.05) is 7.05 Å². The van der Waals surface area contributed by atoms with E-state index in [1.54, 1.807) is 11.9 Å². The summed E-state index contributed by atoms with van der Waals surface area (Å²) in [5.74, 6) is 0.879. The van der Waals surface area contributed by atoms with Crippen molar-refractivity contribution in [1.29, 1.82) is 0 Å². The van der Waals surface area contributed by atoms with Crippen LogP contribution in [0.4, 0.5) is 11.4 Å². The van der Waals surface area contributed by atoms with Crippen LogP contribution in [-0.2, 0) is 10.5 Å². The fourth-order valence-electron chi connectivity index (χ4n) is 3.61. The lowest BCUT2D eigenvalue weighted by molar-refractivity contribution is -0.558. The molecule has 2 aliphatic heterocycles. The molecule has 7 nitrogen and oxygen atoms in total. The molecule has 0 unspecified atom stereocenters. The van der Waals surface area contributed by atoms with Gasteiger partial charge < -0.3 is 4.90 Å². The highest BCUT2D eigenvalue weighted by atomic mass is 16.2. The van der Waals surface area contributed by atoms with Gasteiger partial charge in [0.05, 0.1) is 17.8 Å². The van der Waals surface area contributed by atoms with E-state index in [4.69, 9.17) is 5.73 Å². The Kier molecular flexibility index (Phi) is 3.64. The van der Waals surface area contributed by atoms with Crippen molar-refractivity contribution in [2.24, 2.45) is 5.73 Å². The van der Waals surface area contributed by atoms with Crippen LogP contribution in [-0.4, -0.2) is 36.0 Å². The Bertz CT molecular complexity index is 936. The second kappa shape index (κ2) is 5.87. The summed E-state index contributed by atoms with van der Waals surface area (Å²) in [4.78, 5) is 17.9. The summed E-state index contributed by atoms with van der Waals surface area (Å²) < 4.78 is 2.05. The Balaban J connectivity index is 1.89. The van der Waals surface area contributed by atoms with E-state index in [1.807, 2.05) is 66.1 Å². The number of hydrogen-bond donors (Lipinski definition) is 4. The molecular weight excluding hydrogens is 328 g/mol. The fraction of sp³-hybridized carbons (Fsp3) is 0.211. The Morgan fingerprint density at radius 3 is 2.58 bits per heavy atom. The first-order chi connectivity index (χ1) is 12.6. The van der Waals surface area contributed by atoms with Crippen molar-refractivity contribution in [2.45, 2.75) is 12.6 Å². The summed E-state index contributed by atoms with van der Waals surface area (Å²) >= 11 is 0. The van der Waals surface area contributed by atoms with Crippen molar-refractivity contribution < 1.29 is 14.4 Å². The molecule has 0 fully saturated rings. The zero-order valence-electron chi connectivity index (χ0n) is 14.8. The summed E-state index contributed by atoms with van der Waals surface area (Å²) in [6.07, 6.45) is 0. The van der Waals surface area contributed by atoms with Crippen LogP contribution in [0.2, 0.25) is 0 Å². The molecule has 0 radical (unpaired) electrons. The molecule has 1 amide bonds. The molecule has 4 rings (SSSR count). The second-order valence-corrected chi connectivity index (χ2v) is 6.35. The summed E-state index contributed by atoms with van der Waals surface area (Å²) in [6.45, 7) is 2.75. The first-order valence-corrected chi connectivity index (χ1v) is 8.60. The molecule has 1 atom stereocenters. The van der Waals surface area contributed by atoms with Gasteiger partial charge in [-0.2, -0.15) is 5.32 Å². The number of amides is 1. The highest BCUT2D eigenvalue weighted by Gasteiger charge is 2.57. The highest BCUT2D eigenvalue weighted by Crippen LogP contribution is 2.35. The minimum atomic E-state index is -1.13. The van der Waals surface area contributed by atoms with Crippen molar-refractivity contribution in [1.82, 2.24) is 10.6 Å². The van der Waals surface area contributed by atoms with E-state index in [0.29, 0.717) is 18.5 Å². The summed E-state index contributed by atoms with van der Waals surface area (Å²) in [7, 11) is 1.77. The van der Waals surface area contributed by atoms with Gasteiger partial charge in [-0.25, -0.2) is 14.9 Å². The van der Waals surface area contributed by atoms with E-state index in [2.05, 4.69) is 15.6 Å². The van der Waals surface area contributed by atoms with Crippen molar-refractivity contribution in [3.63, 3.8) is 0 Å². The molecule has 132 valence electrons. The molecule has 0 aliphatic carbocycles. The third-order valence-corrected chi connectivity index (χ3v) is 4.83. The minimum Gasteiger partial charge on any atom is -0.308 e. The molecule has 7 heteroatoms. The van der Waals surface area contributed by atoms with Crippen LogP contribution in [0.15, 0.2) is 54.6 Å². The number of anilines is 1. The highest BCUT2D eigenvalue weighted by molar-refractivity contribution is 6.09. The fourth-order valence-corrected chi connectivity index (χ4v) is 3.61. The maximum atomic E-state index is 13.2. The first-order valence-electron chi connectivity index (χ1n) is 8.60. The van der Waals surface area contributed by atoms with E-state index in [0.717, 1.165) is 16.9 Å². The van der Waals surface area contributed by atoms with Gasteiger partial charge in [-0.05, 0) is 31.2 Å². The molecule has 5 N–H and O–H groups in total. The number of benzene rings is 2. The average molecular weight is 350 g/mol. The molecule has 26 heavy (non-hydrogen) atoms. The smallest absolute Gasteiger partial charge is 0.308 e. The van der Waals surface area contributed by atoms with Crippen molar-refractivity contribution in [3.8, 4) is 0 Å². The van der Waals surface area contributed by atoms with Gasteiger partial charge in [0.25, 0.3) is 0 Å². The standard InChI is InChI=1S/C19H20N6O/c1-3-25(13-9-5-4-6-10-13)18-21-17(20)22-19(23-18)14-11-7-8-12-15(14)24(2)16(19)26/h4-12H,3H2,1-2H3,(H3,20,21,22,23)/p+2/t19-/m1/s1. The van der Waals surface area contributed by atoms with Gasteiger partial charge in [0.15, 0.2) is 0 Å². The molecule has 2 heterocycles. The van der Waals surface area contributed by atoms with Gasteiger partial charge in [-0.1, -0.05) is 30.3 Å². The molecule has 2 aromatic rings. The van der Waals surface area contributed by atoms with Gasteiger partial charge in [-0.3, -0.25) is 10.5 Å². The van der Waals surface area contributed by atoms with Crippen LogP contribution in [0.1, 0.15) is 12.5 Å². The van der Waals surface area contributed by atoms with Gasteiger partial charge >= 0.3 is 23.5 Å². The number of nitrogens with two attached hydrogens (primary N) is 1. The lowest BCUT2D eigenvalue weighted by Gasteiger charge is -2.26. The normalized spacial score (nSPS) is 23.2. The SMILES string of the molecule is CC[N+](=C1NC(N)=[NH+][C@]2(N1)C(=O)N(C)c1ccccc12)c1ccccc1. The number of para-hydroxylation sites is 2. The van der Waals surface area contributed by atoms with E-state index in [9.17, 15) is 4.79 Å². The van der Waals surface area contributed by atoms with Crippen LogP contribution in [0.25, 0.3) is 0 Å². The summed E-state index contributed by atoms with van der Waals surface area (Å²) in [6, 6.07) is 17.7. The van der Waals surface area contributed by atoms with Gasteiger partial charge in [0.1, 0.15) is 5.69 Å².